The molecule has 0 bridgehead atoms. The summed E-state index contributed by atoms with van der Waals surface area (Å²) < 4.78 is 16.5. The average Bonchev–Trinajstić information content (AvgIpc) is 3.25. The van der Waals surface area contributed by atoms with Gasteiger partial charge >= 0.3 is 18.2 Å². The molecule has 0 fully saturated rings. The number of alkyl carbamates (subject to hydrolysis) is 1. The van der Waals surface area contributed by atoms with E-state index in [2.05, 4.69) is 17.4 Å². The zero-order valence-corrected chi connectivity index (χ0v) is 23.8. The van der Waals surface area contributed by atoms with Crippen LogP contribution in [0.4, 0.5) is 9.59 Å². The Morgan fingerprint density at radius 3 is 2.07 bits per heavy atom. The molecule has 216 valence electrons. The molecule has 0 unspecified atom stereocenters. The fourth-order valence-corrected chi connectivity index (χ4v) is 4.79. The third-order valence-electron chi connectivity index (χ3n) is 6.77. The first-order chi connectivity index (χ1) is 19.5. The third kappa shape index (κ3) is 7.57. The molecule has 3 aromatic rings. The van der Waals surface area contributed by atoms with E-state index in [0.717, 1.165) is 32.7 Å². The van der Waals surface area contributed by atoms with Crippen LogP contribution in [0, 0.1) is 0 Å². The first kappa shape index (κ1) is 29.5. The number of ether oxygens (including phenoxy) is 3. The molecule has 0 saturated carbocycles. The van der Waals surface area contributed by atoms with E-state index in [4.69, 9.17) is 14.2 Å². The van der Waals surface area contributed by atoms with Crippen LogP contribution in [0.1, 0.15) is 43.4 Å². The number of nitrogens with one attached hydrogen (secondary N) is 1. The lowest BCUT2D eigenvalue weighted by atomic mass is 9.98. The molecule has 41 heavy (non-hydrogen) atoms. The van der Waals surface area contributed by atoms with E-state index in [0.29, 0.717) is 5.75 Å². The average molecular weight is 561 g/mol. The van der Waals surface area contributed by atoms with Gasteiger partial charge in [0, 0.05) is 19.4 Å². The quantitative estimate of drug-likeness (QED) is 0.316. The Labute approximate surface area is 240 Å². The molecule has 0 heterocycles. The molecule has 0 aliphatic heterocycles. The summed E-state index contributed by atoms with van der Waals surface area (Å²) in [4.78, 5) is 37.9. The Kier molecular flexibility index (Phi) is 9.17. The Morgan fingerprint density at radius 1 is 0.927 bits per heavy atom. The minimum absolute atomic E-state index is 0.0938. The molecule has 3 aromatic carbocycles. The summed E-state index contributed by atoms with van der Waals surface area (Å²) in [7, 11) is 1.44. The van der Waals surface area contributed by atoms with E-state index in [-0.39, 0.29) is 32.1 Å². The minimum Gasteiger partial charge on any atom is -0.492 e. The maximum absolute atomic E-state index is 13.0. The number of likely N-dealkylation sites (N-methyl/N-ethyl adjacent to an activating group) is 1. The van der Waals surface area contributed by atoms with Gasteiger partial charge in [0.15, 0.2) is 0 Å². The van der Waals surface area contributed by atoms with Crippen LogP contribution in [-0.2, 0) is 20.7 Å². The lowest BCUT2D eigenvalue weighted by Gasteiger charge is -2.25. The summed E-state index contributed by atoms with van der Waals surface area (Å²) in [5.41, 5.74) is 4.55. The number of hydrogen-bond donors (Lipinski definition) is 2. The zero-order valence-electron chi connectivity index (χ0n) is 23.8. The van der Waals surface area contributed by atoms with Gasteiger partial charge in [-0.05, 0) is 60.7 Å². The second kappa shape index (κ2) is 12.8. The highest BCUT2D eigenvalue weighted by Gasteiger charge is 2.32. The van der Waals surface area contributed by atoms with Gasteiger partial charge < -0.3 is 24.6 Å². The number of nitrogens with zero attached hydrogens (tertiary/aromatic N) is 1. The number of carbonyl (C=O) groups excluding carboxylic acids is 2. The van der Waals surface area contributed by atoms with Crippen LogP contribution in [0.5, 0.6) is 5.75 Å². The molecule has 0 saturated heterocycles. The number of rotatable bonds is 10. The van der Waals surface area contributed by atoms with Crippen molar-refractivity contribution >= 4 is 18.2 Å². The Hall–Kier alpha value is -4.53. The van der Waals surface area contributed by atoms with Gasteiger partial charge in [0.2, 0.25) is 0 Å². The van der Waals surface area contributed by atoms with Crippen molar-refractivity contribution in [1.29, 1.82) is 0 Å². The van der Waals surface area contributed by atoms with Gasteiger partial charge in [-0.1, -0.05) is 60.7 Å². The number of carboxylic acid groups (broad SMARTS) is 1. The SMILES string of the molecule is CN(C(=O)OCC1c2ccccc2-c2ccccc21)[C@H](Cc1ccc(OCCNC(=O)OC(C)(C)C)cc1)C(=O)O. The summed E-state index contributed by atoms with van der Waals surface area (Å²) in [5.74, 6) is -0.680. The van der Waals surface area contributed by atoms with Crippen molar-refractivity contribution in [2.24, 2.45) is 0 Å². The smallest absolute Gasteiger partial charge is 0.410 e. The molecule has 4 rings (SSSR count). The number of amides is 2. The summed E-state index contributed by atoms with van der Waals surface area (Å²) in [5, 5.41) is 12.5. The van der Waals surface area contributed by atoms with Crippen molar-refractivity contribution in [1.82, 2.24) is 10.2 Å². The summed E-state index contributed by atoms with van der Waals surface area (Å²) in [6, 6.07) is 21.9. The highest BCUT2D eigenvalue weighted by Crippen LogP contribution is 2.44. The van der Waals surface area contributed by atoms with E-state index < -0.39 is 29.8 Å². The molecule has 1 atom stereocenters. The minimum atomic E-state index is -1.13. The van der Waals surface area contributed by atoms with Gasteiger partial charge in [-0.15, -0.1) is 0 Å². The largest absolute Gasteiger partial charge is 0.492 e. The van der Waals surface area contributed by atoms with E-state index >= 15 is 0 Å². The number of hydrogen-bond acceptors (Lipinski definition) is 6. The summed E-state index contributed by atoms with van der Waals surface area (Å²) in [6.07, 6.45) is -1.12. The summed E-state index contributed by atoms with van der Waals surface area (Å²) in [6.45, 7) is 5.97. The number of benzene rings is 3. The predicted octanol–water partition coefficient (Wildman–Crippen LogP) is 5.47. The fourth-order valence-electron chi connectivity index (χ4n) is 4.79. The Bertz CT molecular complexity index is 1340. The van der Waals surface area contributed by atoms with Crippen LogP contribution in [0.15, 0.2) is 72.8 Å². The second-order valence-corrected chi connectivity index (χ2v) is 10.9. The van der Waals surface area contributed by atoms with Crippen molar-refractivity contribution in [2.75, 3.05) is 26.8 Å². The van der Waals surface area contributed by atoms with Gasteiger partial charge in [-0.25, -0.2) is 14.4 Å². The number of carboxylic acids is 1. The monoisotopic (exact) mass is 560 g/mol. The summed E-state index contributed by atoms with van der Waals surface area (Å²) >= 11 is 0. The zero-order chi connectivity index (χ0) is 29.6. The van der Waals surface area contributed by atoms with Crippen LogP contribution in [0.25, 0.3) is 11.1 Å². The van der Waals surface area contributed by atoms with E-state index in [9.17, 15) is 19.5 Å². The Morgan fingerprint density at radius 2 is 1.51 bits per heavy atom. The molecule has 0 spiro atoms. The van der Waals surface area contributed by atoms with E-state index in [1.165, 1.54) is 7.05 Å². The third-order valence-corrected chi connectivity index (χ3v) is 6.77. The Balaban J connectivity index is 1.30. The van der Waals surface area contributed by atoms with Gasteiger partial charge in [0.05, 0.1) is 6.54 Å². The highest BCUT2D eigenvalue weighted by atomic mass is 16.6. The van der Waals surface area contributed by atoms with Crippen LogP contribution in [0.3, 0.4) is 0 Å². The maximum atomic E-state index is 13.0. The van der Waals surface area contributed by atoms with Crippen molar-refractivity contribution in [3.63, 3.8) is 0 Å². The van der Waals surface area contributed by atoms with Gasteiger partial charge in [0.25, 0.3) is 0 Å². The molecule has 2 N–H and O–H groups in total. The fraction of sp³-hybridized carbons (Fsp3) is 0.344. The van der Waals surface area contributed by atoms with Crippen LogP contribution in [-0.4, -0.2) is 66.6 Å². The molecule has 1 aliphatic carbocycles. The van der Waals surface area contributed by atoms with Crippen molar-refractivity contribution in [2.45, 2.75) is 44.8 Å². The molecular weight excluding hydrogens is 524 g/mol. The molecule has 9 nitrogen and oxygen atoms in total. The maximum Gasteiger partial charge on any atom is 0.410 e. The first-order valence-corrected chi connectivity index (χ1v) is 13.5. The van der Waals surface area contributed by atoms with Crippen LogP contribution < -0.4 is 10.1 Å². The number of carbonyl (C=O) groups is 3. The molecule has 1 aliphatic rings. The molecule has 0 aromatic heterocycles. The first-order valence-electron chi connectivity index (χ1n) is 13.5. The van der Waals surface area contributed by atoms with Crippen LogP contribution in [0.2, 0.25) is 0 Å². The lowest BCUT2D eigenvalue weighted by molar-refractivity contribution is -0.142. The molecule has 2 amide bonds. The predicted molar refractivity (Wildman–Crippen MR) is 154 cm³/mol. The van der Waals surface area contributed by atoms with Crippen molar-refractivity contribution in [3.8, 4) is 16.9 Å². The lowest BCUT2D eigenvalue weighted by Crippen LogP contribution is -2.44. The van der Waals surface area contributed by atoms with Crippen molar-refractivity contribution < 1.29 is 33.7 Å². The van der Waals surface area contributed by atoms with Gasteiger partial charge in [-0.3, -0.25) is 4.90 Å². The van der Waals surface area contributed by atoms with Crippen molar-refractivity contribution in [3.05, 3.63) is 89.5 Å². The van der Waals surface area contributed by atoms with E-state index in [1.807, 2.05) is 36.4 Å². The molecule has 0 radical (unpaired) electrons. The normalized spacial score (nSPS) is 13.0. The number of fused-ring (bicyclic) bond motifs is 3. The van der Waals surface area contributed by atoms with Gasteiger partial charge in [-0.2, -0.15) is 0 Å². The number of aliphatic carboxylic acids is 1. The topological polar surface area (TPSA) is 114 Å². The molecule has 9 heteroatoms. The van der Waals surface area contributed by atoms with Crippen LogP contribution >= 0.6 is 0 Å². The van der Waals surface area contributed by atoms with Gasteiger partial charge in [0.1, 0.15) is 30.6 Å². The second-order valence-electron chi connectivity index (χ2n) is 10.9. The van der Waals surface area contributed by atoms with E-state index in [1.54, 1.807) is 45.0 Å². The standard InChI is InChI=1S/C32H36N2O7/c1-32(2,3)41-30(37)33-17-18-39-22-15-13-21(14-16-22)19-28(29(35)36)34(4)31(38)40-20-27-25-11-7-5-9-23(25)24-10-6-8-12-26(24)27/h5-16,27-28H,17-20H2,1-4H3,(H,33,37)(H,35,36)/t28-/m1/s1. The highest BCUT2D eigenvalue weighted by molar-refractivity contribution is 5.81. The molecular formula is C32H36N2O7.